The van der Waals surface area contributed by atoms with Gasteiger partial charge in [0.15, 0.2) is 0 Å². The second-order valence-electron chi connectivity index (χ2n) is 8.39. The predicted octanol–water partition coefficient (Wildman–Crippen LogP) is 7.19. The fourth-order valence-electron chi connectivity index (χ4n) is 4.11. The van der Waals surface area contributed by atoms with Crippen molar-refractivity contribution in [2.24, 2.45) is 5.92 Å². The summed E-state index contributed by atoms with van der Waals surface area (Å²) in [7, 11) is 0. The molecule has 1 unspecified atom stereocenters. The lowest BCUT2D eigenvalue weighted by molar-refractivity contribution is 0.529. The number of aryl methyl sites for hydroxylation is 1. The van der Waals surface area contributed by atoms with Crippen LogP contribution >= 0.6 is 0 Å². The van der Waals surface area contributed by atoms with Crippen molar-refractivity contribution in [3.05, 3.63) is 120 Å². The highest BCUT2D eigenvalue weighted by atomic mass is 15.1. The first-order valence-corrected chi connectivity index (χ1v) is 11.0. The van der Waals surface area contributed by atoms with E-state index in [2.05, 4.69) is 97.7 Å². The molecule has 1 aliphatic heterocycles. The summed E-state index contributed by atoms with van der Waals surface area (Å²) in [5.41, 5.74) is 7.64. The molecular formula is C29H32N2. The van der Waals surface area contributed by atoms with Gasteiger partial charge in [-0.15, -0.1) is 0 Å². The Balaban J connectivity index is 0.000000311. The van der Waals surface area contributed by atoms with Crippen LogP contribution in [0, 0.1) is 12.8 Å². The van der Waals surface area contributed by atoms with Gasteiger partial charge in [0, 0.05) is 20.1 Å². The first-order chi connectivity index (χ1) is 15.2. The quantitative estimate of drug-likeness (QED) is 0.357. The molecule has 31 heavy (non-hydrogen) atoms. The average Bonchev–Trinajstić information content (AvgIpc) is 2.81. The molecule has 1 aromatic heterocycles. The first-order valence-electron chi connectivity index (χ1n) is 11.0. The van der Waals surface area contributed by atoms with Crippen LogP contribution in [-0.4, -0.2) is 11.5 Å². The van der Waals surface area contributed by atoms with Crippen LogP contribution in [-0.2, 0) is 13.0 Å². The van der Waals surface area contributed by atoms with E-state index in [4.69, 9.17) is 4.98 Å². The third kappa shape index (κ3) is 5.61. The van der Waals surface area contributed by atoms with E-state index in [1.165, 1.54) is 27.9 Å². The van der Waals surface area contributed by atoms with Crippen LogP contribution in [0.25, 0.3) is 11.3 Å². The number of pyridine rings is 1. The molecule has 0 bridgehead atoms. The molecule has 4 aromatic rings. The summed E-state index contributed by atoms with van der Waals surface area (Å²) in [6.45, 7) is 6.46. The van der Waals surface area contributed by atoms with Crippen molar-refractivity contribution in [3.8, 4) is 11.3 Å². The molecule has 0 radical (unpaired) electrons. The van der Waals surface area contributed by atoms with Crippen LogP contribution in [0.5, 0.6) is 0 Å². The van der Waals surface area contributed by atoms with E-state index in [1.807, 2.05) is 24.3 Å². The number of benzene rings is 3. The van der Waals surface area contributed by atoms with E-state index >= 15 is 0 Å². The van der Waals surface area contributed by atoms with E-state index < -0.39 is 0 Å². The normalized spacial score (nSPS) is 14.9. The van der Waals surface area contributed by atoms with Crippen molar-refractivity contribution in [2.45, 2.75) is 26.8 Å². The molecule has 0 fully saturated rings. The third-order valence-electron chi connectivity index (χ3n) is 5.63. The van der Waals surface area contributed by atoms with Crippen molar-refractivity contribution in [3.63, 3.8) is 0 Å². The second kappa shape index (κ2) is 10.1. The Morgan fingerprint density at radius 2 is 1.48 bits per heavy atom. The van der Waals surface area contributed by atoms with Gasteiger partial charge in [-0.3, -0.25) is 4.98 Å². The number of fused-ring (bicyclic) bond motifs is 1. The number of hydrogen-bond acceptors (Lipinski definition) is 2. The molecule has 0 spiro atoms. The predicted molar refractivity (Wildman–Crippen MR) is 133 cm³/mol. The minimum absolute atomic E-state index is 0. The number of anilines is 1. The number of aromatic nitrogens is 1. The fraction of sp³-hybridized carbons (Fsp3) is 0.207. The highest BCUT2D eigenvalue weighted by Crippen LogP contribution is 2.32. The van der Waals surface area contributed by atoms with Crippen LogP contribution in [0.1, 0.15) is 25.0 Å². The Labute approximate surface area is 187 Å². The molecule has 0 aliphatic carbocycles. The van der Waals surface area contributed by atoms with Gasteiger partial charge < -0.3 is 4.90 Å². The molecule has 0 amide bonds. The summed E-state index contributed by atoms with van der Waals surface area (Å²) in [6.07, 6.45) is 3.19. The number of hydrogen-bond donors (Lipinski definition) is 0. The summed E-state index contributed by atoms with van der Waals surface area (Å²) in [6, 6.07) is 33.7. The Kier molecular flexibility index (Phi) is 6.78. The van der Waals surface area contributed by atoms with Gasteiger partial charge in [-0.2, -0.15) is 0 Å². The van der Waals surface area contributed by atoms with Gasteiger partial charge in [0.1, 0.15) is 0 Å². The molecule has 5 rings (SSSR count). The summed E-state index contributed by atoms with van der Waals surface area (Å²) in [4.78, 5) is 7.21. The van der Waals surface area contributed by atoms with Gasteiger partial charge in [0.05, 0.1) is 17.6 Å². The lowest BCUT2D eigenvalue weighted by Crippen LogP contribution is -2.34. The van der Waals surface area contributed by atoms with Gasteiger partial charge >= 0.3 is 0 Å². The molecule has 158 valence electrons. The topological polar surface area (TPSA) is 16.1 Å². The monoisotopic (exact) mass is 408 g/mol. The molecule has 0 saturated heterocycles. The van der Waals surface area contributed by atoms with E-state index in [-0.39, 0.29) is 1.43 Å². The SMILES string of the molecule is CC1Cc2cc(-c3ccccc3)ncc2N(Cc2ccccc2)C1.Cc1ccccc1.[HH]. The summed E-state index contributed by atoms with van der Waals surface area (Å²) < 4.78 is 0. The molecule has 1 aliphatic rings. The molecule has 1 atom stereocenters. The molecular weight excluding hydrogens is 376 g/mol. The maximum absolute atomic E-state index is 4.74. The van der Waals surface area contributed by atoms with Crippen molar-refractivity contribution in [2.75, 3.05) is 11.4 Å². The molecule has 0 saturated carbocycles. The highest BCUT2D eigenvalue weighted by Gasteiger charge is 2.22. The largest absolute Gasteiger partial charge is 0.365 e. The van der Waals surface area contributed by atoms with E-state index in [0.717, 1.165) is 25.2 Å². The Hall–Kier alpha value is -3.39. The Morgan fingerprint density at radius 1 is 0.871 bits per heavy atom. The zero-order chi connectivity index (χ0) is 21.5. The molecule has 2 nitrogen and oxygen atoms in total. The minimum Gasteiger partial charge on any atom is -0.365 e. The fourth-order valence-corrected chi connectivity index (χ4v) is 4.11. The second-order valence-corrected chi connectivity index (χ2v) is 8.39. The molecule has 2 heterocycles. The van der Waals surface area contributed by atoms with Crippen LogP contribution in [0.15, 0.2) is 103 Å². The van der Waals surface area contributed by atoms with Crippen molar-refractivity contribution < 1.29 is 1.43 Å². The van der Waals surface area contributed by atoms with Crippen molar-refractivity contribution in [1.29, 1.82) is 0 Å². The van der Waals surface area contributed by atoms with Crippen LogP contribution in [0.3, 0.4) is 0 Å². The maximum Gasteiger partial charge on any atom is 0.0706 e. The van der Waals surface area contributed by atoms with E-state index in [9.17, 15) is 0 Å². The van der Waals surface area contributed by atoms with Gasteiger partial charge in [-0.25, -0.2) is 0 Å². The summed E-state index contributed by atoms with van der Waals surface area (Å²) in [5.74, 6) is 0.659. The van der Waals surface area contributed by atoms with Crippen LogP contribution in [0.2, 0.25) is 0 Å². The zero-order valence-electron chi connectivity index (χ0n) is 18.4. The van der Waals surface area contributed by atoms with Gasteiger partial charge in [0.2, 0.25) is 0 Å². The Morgan fingerprint density at radius 3 is 2.10 bits per heavy atom. The van der Waals surface area contributed by atoms with Crippen molar-refractivity contribution >= 4 is 5.69 Å². The third-order valence-corrected chi connectivity index (χ3v) is 5.63. The first kappa shape index (κ1) is 20.9. The van der Waals surface area contributed by atoms with Crippen LogP contribution in [0.4, 0.5) is 5.69 Å². The van der Waals surface area contributed by atoms with E-state index in [0.29, 0.717) is 5.92 Å². The Bertz CT molecular complexity index is 1080. The smallest absolute Gasteiger partial charge is 0.0706 e. The van der Waals surface area contributed by atoms with Crippen LogP contribution < -0.4 is 4.90 Å². The van der Waals surface area contributed by atoms with Gasteiger partial charge in [-0.05, 0) is 36.5 Å². The van der Waals surface area contributed by atoms with Gasteiger partial charge in [-0.1, -0.05) is 103 Å². The maximum atomic E-state index is 4.74. The highest BCUT2D eigenvalue weighted by molar-refractivity contribution is 5.65. The summed E-state index contributed by atoms with van der Waals surface area (Å²) in [5, 5.41) is 0. The summed E-state index contributed by atoms with van der Waals surface area (Å²) >= 11 is 0. The van der Waals surface area contributed by atoms with Gasteiger partial charge in [0.25, 0.3) is 0 Å². The lowest BCUT2D eigenvalue weighted by atomic mass is 9.93. The number of rotatable bonds is 3. The number of nitrogens with zero attached hydrogens (tertiary/aromatic N) is 2. The molecule has 2 heteroatoms. The van der Waals surface area contributed by atoms with E-state index in [1.54, 1.807) is 0 Å². The molecule has 3 aromatic carbocycles. The molecule has 0 N–H and O–H groups in total. The average molecular weight is 409 g/mol. The minimum atomic E-state index is 0. The standard InChI is InChI=1S/C22H22N2.C7H8.H2/c1-17-12-20-13-21(19-10-6-3-7-11-19)23-14-22(20)24(15-17)16-18-8-4-2-5-9-18;1-7-5-3-2-4-6-7;/h2-11,13-14,17H,12,15-16H2,1H3;2-6H,1H3;1H. The lowest BCUT2D eigenvalue weighted by Gasteiger charge is -2.35. The zero-order valence-corrected chi connectivity index (χ0v) is 18.4. The van der Waals surface area contributed by atoms with Crippen molar-refractivity contribution in [1.82, 2.24) is 4.98 Å².